The van der Waals surface area contributed by atoms with Gasteiger partial charge in [0.25, 0.3) is 5.91 Å². The lowest BCUT2D eigenvalue weighted by molar-refractivity contribution is -0.112. The number of aromatic nitrogens is 1. The van der Waals surface area contributed by atoms with Crippen molar-refractivity contribution in [2.24, 2.45) is 0 Å². The average molecular weight is 322 g/mol. The number of thioether (sulfide) groups is 1. The van der Waals surface area contributed by atoms with Gasteiger partial charge in [-0.2, -0.15) is 0 Å². The van der Waals surface area contributed by atoms with Crippen molar-refractivity contribution < 1.29 is 19.1 Å². The van der Waals surface area contributed by atoms with Gasteiger partial charge in [-0.25, -0.2) is 4.98 Å². The molecule has 2 fully saturated rings. The number of ether oxygens (including phenoxy) is 2. The first-order valence-corrected chi connectivity index (χ1v) is 8.39. The van der Waals surface area contributed by atoms with E-state index in [1.165, 1.54) is 18.0 Å². The molecule has 2 saturated heterocycles. The minimum atomic E-state index is -0.379. The molecule has 1 atom stereocenters. The van der Waals surface area contributed by atoms with E-state index in [2.05, 4.69) is 10.3 Å². The van der Waals surface area contributed by atoms with Gasteiger partial charge < -0.3 is 14.8 Å². The van der Waals surface area contributed by atoms with Crippen LogP contribution >= 0.6 is 11.8 Å². The largest absolute Gasteiger partial charge is 0.474 e. The molecule has 1 N–H and O–H groups in total. The molecule has 6 nitrogen and oxygen atoms in total. The van der Waals surface area contributed by atoms with Gasteiger partial charge in [0.05, 0.1) is 24.8 Å². The second-order valence-corrected chi connectivity index (χ2v) is 6.40. The minimum absolute atomic E-state index is 0.0285. The number of hydrogen-bond donors (Lipinski definition) is 1. The zero-order chi connectivity index (χ0) is 15.4. The summed E-state index contributed by atoms with van der Waals surface area (Å²) in [5.74, 6) is 1.00. The zero-order valence-corrected chi connectivity index (χ0v) is 12.9. The molecule has 0 unspecified atom stereocenters. The number of amides is 1. The SMILES string of the molecule is O=C(N[C@H]1CCSC1=O)c1ccc(OC2CCOCC2)nc1. The van der Waals surface area contributed by atoms with Gasteiger partial charge in [-0.3, -0.25) is 9.59 Å². The molecule has 1 aromatic rings. The molecule has 3 rings (SSSR count). The van der Waals surface area contributed by atoms with Crippen LogP contribution in [-0.2, 0) is 9.53 Å². The fraction of sp³-hybridized carbons (Fsp3) is 0.533. The Morgan fingerprint density at radius 3 is 2.77 bits per heavy atom. The van der Waals surface area contributed by atoms with Gasteiger partial charge in [-0.1, -0.05) is 11.8 Å². The van der Waals surface area contributed by atoms with Crippen LogP contribution in [0.4, 0.5) is 0 Å². The van der Waals surface area contributed by atoms with Crippen molar-refractivity contribution in [1.82, 2.24) is 10.3 Å². The Morgan fingerprint density at radius 1 is 1.32 bits per heavy atom. The van der Waals surface area contributed by atoms with Crippen LogP contribution in [0.5, 0.6) is 5.88 Å². The third kappa shape index (κ3) is 3.78. The number of carbonyl (C=O) groups is 2. The van der Waals surface area contributed by atoms with E-state index >= 15 is 0 Å². The van der Waals surface area contributed by atoms with Gasteiger partial charge in [0.2, 0.25) is 11.0 Å². The Hall–Kier alpha value is -1.60. The van der Waals surface area contributed by atoms with Crippen molar-refractivity contribution in [3.63, 3.8) is 0 Å². The van der Waals surface area contributed by atoms with Crippen LogP contribution in [-0.4, -0.2) is 47.1 Å². The maximum atomic E-state index is 12.1. The fourth-order valence-electron chi connectivity index (χ4n) is 2.42. The summed E-state index contributed by atoms with van der Waals surface area (Å²) in [6.07, 6.45) is 4.00. The van der Waals surface area contributed by atoms with Crippen molar-refractivity contribution in [2.45, 2.75) is 31.4 Å². The van der Waals surface area contributed by atoms with Crippen LogP contribution in [0.1, 0.15) is 29.6 Å². The Kier molecular flexibility index (Phi) is 4.94. The molecule has 0 spiro atoms. The summed E-state index contributed by atoms with van der Waals surface area (Å²) >= 11 is 1.26. The summed E-state index contributed by atoms with van der Waals surface area (Å²) in [5.41, 5.74) is 0.434. The van der Waals surface area contributed by atoms with E-state index in [1.54, 1.807) is 12.1 Å². The van der Waals surface area contributed by atoms with Crippen LogP contribution in [0.25, 0.3) is 0 Å². The lowest BCUT2D eigenvalue weighted by Crippen LogP contribution is -2.37. The Labute approximate surface area is 133 Å². The van der Waals surface area contributed by atoms with E-state index in [1.807, 2.05) is 0 Å². The Balaban J connectivity index is 1.56. The first kappa shape index (κ1) is 15.3. The normalized spacial score (nSPS) is 22.5. The van der Waals surface area contributed by atoms with Gasteiger partial charge in [-0.05, 0) is 12.5 Å². The quantitative estimate of drug-likeness (QED) is 0.903. The van der Waals surface area contributed by atoms with E-state index in [-0.39, 0.29) is 23.2 Å². The molecular weight excluding hydrogens is 304 g/mol. The number of pyridine rings is 1. The lowest BCUT2D eigenvalue weighted by Gasteiger charge is -2.22. The Morgan fingerprint density at radius 2 is 2.14 bits per heavy atom. The molecule has 1 amide bonds. The summed E-state index contributed by atoms with van der Waals surface area (Å²) in [6.45, 7) is 1.41. The van der Waals surface area contributed by atoms with Gasteiger partial charge in [0.15, 0.2) is 0 Å². The summed E-state index contributed by atoms with van der Waals surface area (Å²) < 4.78 is 11.0. The van der Waals surface area contributed by atoms with Crippen LogP contribution < -0.4 is 10.1 Å². The minimum Gasteiger partial charge on any atom is -0.474 e. The monoisotopic (exact) mass is 322 g/mol. The number of carbonyl (C=O) groups excluding carboxylic acids is 2. The van der Waals surface area contributed by atoms with Gasteiger partial charge in [-0.15, -0.1) is 0 Å². The van der Waals surface area contributed by atoms with Gasteiger partial charge >= 0.3 is 0 Å². The standard InChI is InChI=1S/C15H18N2O4S/c18-14(17-12-5-8-22-15(12)19)10-1-2-13(16-9-10)21-11-3-6-20-7-4-11/h1-2,9,11-12H,3-8H2,(H,17,18)/t12-/m0/s1. The van der Waals surface area contributed by atoms with Crippen molar-refractivity contribution in [2.75, 3.05) is 19.0 Å². The zero-order valence-electron chi connectivity index (χ0n) is 12.1. The molecule has 2 aliphatic rings. The molecule has 0 radical (unpaired) electrons. The molecule has 0 bridgehead atoms. The van der Waals surface area contributed by atoms with E-state index in [9.17, 15) is 9.59 Å². The summed E-state index contributed by atoms with van der Waals surface area (Å²) in [5, 5.41) is 2.77. The van der Waals surface area contributed by atoms with Gasteiger partial charge in [0, 0.05) is 30.9 Å². The molecule has 22 heavy (non-hydrogen) atoms. The highest BCUT2D eigenvalue weighted by molar-refractivity contribution is 8.14. The number of hydrogen-bond acceptors (Lipinski definition) is 6. The van der Waals surface area contributed by atoms with Crippen LogP contribution in [0.3, 0.4) is 0 Å². The molecule has 1 aromatic heterocycles. The number of nitrogens with one attached hydrogen (secondary N) is 1. The fourth-order valence-corrected chi connectivity index (χ4v) is 3.35. The summed E-state index contributed by atoms with van der Waals surface area (Å²) in [6, 6.07) is 2.98. The smallest absolute Gasteiger partial charge is 0.253 e. The Bertz CT molecular complexity index is 543. The second-order valence-electron chi connectivity index (χ2n) is 5.30. The molecule has 0 saturated carbocycles. The van der Waals surface area contributed by atoms with E-state index in [0.29, 0.717) is 31.1 Å². The van der Waals surface area contributed by atoms with Crippen molar-refractivity contribution >= 4 is 22.8 Å². The first-order chi connectivity index (χ1) is 10.7. The maximum Gasteiger partial charge on any atom is 0.253 e. The first-order valence-electron chi connectivity index (χ1n) is 7.40. The third-order valence-corrected chi connectivity index (χ3v) is 4.70. The second kappa shape index (κ2) is 7.11. The number of rotatable bonds is 4. The van der Waals surface area contributed by atoms with Crippen LogP contribution in [0, 0.1) is 0 Å². The highest BCUT2D eigenvalue weighted by Crippen LogP contribution is 2.20. The van der Waals surface area contributed by atoms with Crippen molar-refractivity contribution in [1.29, 1.82) is 0 Å². The van der Waals surface area contributed by atoms with Crippen LogP contribution in [0.2, 0.25) is 0 Å². The van der Waals surface area contributed by atoms with E-state index in [4.69, 9.17) is 9.47 Å². The molecule has 0 aromatic carbocycles. The molecule has 3 heterocycles. The van der Waals surface area contributed by atoms with E-state index in [0.717, 1.165) is 18.6 Å². The molecule has 0 aliphatic carbocycles. The average Bonchev–Trinajstić information content (AvgIpc) is 2.94. The van der Waals surface area contributed by atoms with E-state index < -0.39 is 0 Å². The number of nitrogens with zero attached hydrogens (tertiary/aromatic N) is 1. The lowest BCUT2D eigenvalue weighted by atomic mass is 10.1. The highest BCUT2D eigenvalue weighted by atomic mass is 32.2. The predicted molar refractivity (Wildman–Crippen MR) is 82.0 cm³/mol. The topological polar surface area (TPSA) is 77.5 Å². The maximum absolute atomic E-state index is 12.1. The molecule has 118 valence electrons. The molecule has 7 heteroatoms. The molecule has 2 aliphatic heterocycles. The predicted octanol–water partition coefficient (Wildman–Crippen LogP) is 1.40. The highest BCUT2D eigenvalue weighted by Gasteiger charge is 2.27. The van der Waals surface area contributed by atoms with Crippen molar-refractivity contribution in [3.8, 4) is 5.88 Å². The van der Waals surface area contributed by atoms with Crippen LogP contribution in [0.15, 0.2) is 18.3 Å². The summed E-state index contributed by atoms with van der Waals surface area (Å²) in [7, 11) is 0. The summed E-state index contributed by atoms with van der Waals surface area (Å²) in [4.78, 5) is 27.8. The van der Waals surface area contributed by atoms with Gasteiger partial charge in [0.1, 0.15) is 6.10 Å². The van der Waals surface area contributed by atoms with Crippen molar-refractivity contribution in [3.05, 3.63) is 23.9 Å². The third-order valence-electron chi connectivity index (χ3n) is 3.69. The molecular formula is C15H18N2O4S.